The summed E-state index contributed by atoms with van der Waals surface area (Å²) in [5, 5.41) is 5.76. The Morgan fingerprint density at radius 3 is 2.67 bits per heavy atom. The van der Waals surface area contributed by atoms with Gasteiger partial charge in [0.1, 0.15) is 11.8 Å². The van der Waals surface area contributed by atoms with Gasteiger partial charge in [0.05, 0.1) is 32.0 Å². The number of benzene rings is 1. The maximum atomic E-state index is 14.3. The lowest BCUT2D eigenvalue weighted by Crippen LogP contribution is -2.27. The van der Waals surface area contributed by atoms with E-state index in [0.29, 0.717) is 0 Å². The van der Waals surface area contributed by atoms with Crippen molar-refractivity contribution in [3.8, 4) is 0 Å². The summed E-state index contributed by atoms with van der Waals surface area (Å²) in [6.07, 6.45) is -1.46. The molecule has 2 aliphatic rings. The van der Waals surface area contributed by atoms with Gasteiger partial charge in [0.25, 0.3) is 0 Å². The molecule has 1 aromatic carbocycles. The lowest BCUT2D eigenvalue weighted by molar-refractivity contribution is -0.118. The van der Waals surface area contributed by atoms with Crippen LogP contribution in [-0.2, 0) is 9.53 Å². The molecule has 2 amide bonds. The Labute approximate surface area is 134 Å². The molecule has 9 nitrogen and oxygen atoms in total. The Morgan fingerprint density at radius 1 is 1.38 bits per heavy atom. The average molecular weight is 338 g/mol. The van der Waals surface area contributed by atoms with Gasteiger partial charge in [0, 0.05) is 17.0 Å². The van der Waals surface area contributed by atoms with Gasteiger partial charge in [-0.2, -0.15) is 0 Å². The van der Waals surface area contributed by atoms with Gasteiger partial charge in [-0.25, -0.2) is 13.6 Å². The third-order valence-electron chi connectivity index (χ3n) is 3.65. The van der Waals surface area contributed by atoms with Gasteiger partial charge >= 0.3 is 6.09 Å². The number of nitrogens with zero attached hydrogens (tertiary/aromatic N) is 5. The summed E-state index contributed by atoms with van der Waals surface area (Å²) in [5.74, 6) is -2.12. The first kappa shape index (κ1) is 15.8. The summed E-state index contributed by atoms with van der Waals surface area (Å²) < 4.78 is 33.6. The number of anilines is 2. The van der Waals surface area contributed by atoms with Crippen LogP contribution in [0.2, 0.25) is 0 Å². The number of carbonyl (C=O) groups is 2. The summed E-state index contributed by atoms with van der Waals surface area (Å²) in [5.41, 5.74) is 7.92. The van der Waals surface area contributed by atoms with Crippen molar-refractivity contribution >= 4 is 23.4 Å². The van der Waals surface area contributed by atoms with Crippen molar-refractivity contribution in [2.45, 2.75) is 6.10 Å². The second-order valence-electron chi connectivity index (χ2n) is 5.24. The Kier molecular flexibility index (Phi) is 4.09. The third kappa shape index (κ3) is 2.88. The monoisotopic (exact) mass is 338 g/mol. The summed E-state index contributed by atoms with van der Waals surface area (Å²) in [6.45, 7) is -0.192. The summed E-state index contributed by atoms with van der Waals surface area (Å²) in [4.78, 5) is 27.9. The summed E-state index contributed by atoms with van der Waals surface area (Å²) in [7, 11) is 0. The van der Waals surface area contributed by atoms with Gasteiger partial charge in [0.2, 0.25) is 5.91 Å². The van der Waals surface area contributed by atoms with E-state index in [9.17, 15) is 18.4 Å². The number of ether oxygens (including phenoxy) is 1. The van der Waals surface area contributed by atoms with Crippen molar-refractivity contribution in [2.75, 3.05) is 36.1 Å². The van der Waals surface area contributed by atoms with Gasteiger partial charge in [-0.3, -0.25) is 9.69 Å². The van der Waals surface area contributed by atoms with E-state index in [1.165, 1.54) is 4.90 Å². The summed E-state index contributed by atoms with van der Waals surface area (Å²) >= 11 is 0. The van der Waals surface area contributed by atoms with E-state index in [1.54, 1.807) is 0 Å². The minimum absolute atomic E-state index is 0.00597. The minimum Gasteiger partial charge on any atom is -0.444 e. The highest BCUT2D eigenvalue weighted by Crippen LogP contribution is 2.31. The van der Waals surface area contributed by atoms with Crippen LogP contribution in [0.4, 0.5) is 25.0 Å². The Bertz CT molecular complexity index is 728. The number of cyclic esters (lactones) is 1. The Hall–Kier alpha value is -3.07. The van der Waals surface area contributed by atoms with Crippen LogP contribution < -0.4 is 15.1 Å². The summed E-state index contributed by atoms with van der Waals surface area (Å²) in [6, 6.07) is 2.00. The standard InChI is InChI=1S/C13H12F2N6O3/c14-9-1-7(21-4-8(3-18-19-16)24-13(21)23)2-10(15)12(9)20-5-11(22)17-6-20/h1-2,8H,3-6H2,(H,17,22)/t8-/m0/s1. The Morgan fingerprint density at radius 2 is 2.08 bits per heavy atom. The van der Waals surface area contributed by atoms with Crippen LogP contribution in [0.15, 0.2) is 17.2 Å². The highest BCUT2D eigenvalue weighted by Gasteiger charge is 2.33. The molecule has 0 spiro atoms. The number of hydrogen-bond donors (Lipinski definition) is 1. The number of nitrogens with one attached hydrogen (secondary N) is 1. The van der Waals surface area contributed by atoms with E-state index >= 15 is 0 Å². The smallest absolute Gasteiger partial charge is 0.414 e. The highest BCUT2D eigenvalue weighted by molar-refractivity contribution is 5.90. The van der Waals surface area contributed by atoms with Gasteiger partial charge in [0.15, 0.2) is 11.6 Å². The zero-order chi connectivity index (χ0) is 17.3. The molecule has 11 heteroatoms. The average Bonchev–Trinajstić information content (AvgIpc) is 3.10. The van der Waals surface area contributed by atoms with E-state index in [-0.39, 0.29) is 43.6 Å². The lowest BCUT2D eigenvalue weighted by atomic mass is 10.2. The first-order chi connectivity index (χ1) is 11.5. The van der Waals surface area contributed by atoms with E-state index in [1.807, 2.05) is 0 Å². The molecule has 2 fully saturated rings. The second kappa shape index (κ2) is 6.20. The van der Waals surface area contributed by atoms with Crippen molar-refractivity contribution in [1.29, 1.82) is 0 Å². The predicted octanol–water partition coefficient (Wildman–Crippen LogP) is 1.49. The second-order valence-corrected chi connectivity index (χ2v) is 5.24. The van der Waals surface area contributed by atoms with Crippen LogP contribution in [0.5, 0.6) is 0 Å². The maximum Gasteiger partial charge on any atom is 0.414 e. The molecule has 1 N–H and O–H groups in total. The Balaban J connectivity index is 1.84. The molecular weight excluding hydrogens is 326 g/mol. The molecule has 1 atom stereocenters. The SMILES string of the molecule is [N-]=[N+]=NC[C@H]1CN(c2cc(F)c(N3CNC(=O)C3)c(F)c2)C(=O)O1. The number of rotatable bonds is 4. The van der Waals surface area contributed by atoms with Crippen molar-refractivity contribution in [1.82, 2.24) is 5.32 Å². The number of hydrogen-bond acceptors (Lipinski definition) is 5. The van der Waals surface area contributed by atoms with E-state index < -0.39 is 23.8 Å². The molecule has 3 rings (SSSR count). The molecule has 0 aromatic heterocycles. The van der Waals surface area contributed by atoms with Crippen LogP contribution in [0.3, 0.4) is 0 Å². The first-order valence-corrected chi connectivity index (χ1v) is 6.99. The fraction of sp³-hybridized carbons (Fsp3) is 0.385. The van der Waals surface area contributed by atoms with Gasteiger partial charge < -0.3 is 15.0 Å². The minimum atomic E-state index is -0.896. The van der Waals surface area contributed by atoms with Crippen molar-refractivity contribution in [3.05, 3.63) is 34.2 Å². The van der Waals surface area contributed by atoms with E-state index in [2.05, 4.69) is 15.3 Å². The molecule has 24 heavy (non-hydrogen) atoms. The lowest BCUT2D eigenvalue weighted by Gasteiger charge is -2.20. The fourth-order valence-corrected chi connectivity index (χ4v) is 2.59. The van der Waals surface area contributed by atoms with Gasteiger partial charge in [-0.1, -0.05) is 5.11 Å². The van der Waals surface area contributed by atoms with E-state index in [0.717, 1.165) is 17.0 Å². The number of carbonyl (C=O) groups excluding carboxylic acids is 2. The zero-order valence-corrected chi connectivity index (χ0v) is 12.3. The maximum absolute atomic E-state index is 14.3. The first-order valence-electron chi connectivity index (χ1n) is 6.99. The van der Waals surface area contributed by atoms with Crippen molar-refractivity contribution in [3.63, 3.8) is 0 Å². The third-order valence-corrected chi connectivity index (χ3v) is 3.65. The molecule has 1 aromatic rings. The van der Waals surface area contributed by atoms with E-state index in [4.69, 9.17) is 10.3 Å². The quantitative estimate of drug-likeness (QED) is 0.509. The van der Waals surface area contributed by atoms with Crippen LogP contribution in [-0.4, -0.2) is 44.4 Å². The molecular formula is C13H12F2N6O3. The molecule has 2 heterocycles. The fourth-order valence-electron chi connectivity index (χ4n) is 2.59. The number of azide groups is 1. The number of amides is 2. The van der Waals surface area contributed by atoms with Crippen LogP contribution in [0.25, 0.3) is 10.4 Å². The van der Waals surface area contributed by atoms with Crippen LogP contribution >= 0.6 is 0 Å². The van der Waals surface area contributed by atoms with Gasteiger partial charge in [-0.05, 0) is 5.53 Å². The topological polar surface area (TPSA) is 111 Å². The molecule has 0 unspecified atom stereocenters. The van der Waals surface area contributed by atoms with Crippen LogP contribution in [0.1, 0.15) is 0 Å². The largest absolute Gasteiger partial charge is 0.444 e. The van der Waals surface area contributed by atoms with Crippen molar-refractivity contribution < 1.29 is 23.1 Å². The molecule has 0 saturated carbocycles. The molecule has 2 saturated heterocycles. The molecule has 0 radical (unpaired) electrons. The molecule has 126 valence electrons. The zero-order valence-electron chi connectivity index (χ0n) is 12.3. The van der Waals surface area contributed by atoms with Crippen molar-refractivity contribution in [2.24, 2.45) is 5.11 Å². The van der Waals surface area contributed by atoms with Gasteiger partial charge in [-0.15, -0.1) is 0 Å². The molecule has 0 aliphatic carbocycles. The normalized spacial score (nSPS) is 20.0. The highest BCUT2D eigenvalue weighted by atomic mass is 19.1. The molecule has 2 aliphatic heterocycles. The number of halogens is 2. The predicted molar refractivity (Wildman–Crippen MR) is 78.3 cm³/mol. The molecule has 0 bridgehead atoms. The van der Waals surface area contributed by atoms with Crippen LogP contribution in [0, 0.1) is 11.6 Å².